The van der Waals surface area contributed by atoms with Crippen molar-refractivity contribution in [2.75, 3.05) is 19.7 Å². The van der Waals surface area contributed by atoms with Gasteiger partial charge in [-0.05, 0) is 47.1 Å². The van der Waals surface area contributed by atoms with E-state index in [1.54, 1.807) is 4.90 Å². The van der Waals surface area contributed by atoms with Crippen LogP contribution < -0.4 is 0 Å². The summed E-state index contributed by atoms with van der Waals surface area (Å²) in [5, 5.41) is 21.1. The highest BCUT2D eigenvalue weighted by Gasteiger charge is 2.71. The zero-order valence-electron chi connectivity index (χ0n) is 17.6. The topological polar surface area (TPSA) is 60.8 Å². The third kappa shape index (κ3) is 3.10. The minimum atomic E-state index is -0.649. The third-order valence-electron chi connectivity index (χ3n) is 7.28. The van der Waals surface area contributed by atoms with E-state index in [9.17, 15) is 15.0 Å². The summed E-state index contributed by atoms with van der Waals surface area (Å²) in [6.45, 7) is 2.81. The smallest absolute Gasteiger partial charge is 0.254 e. The first-order chi connectivity index (χ1) is 15.1. The summed E-state index contributed by atoms with van der Waals surface area (Å²) in [5.74, 6) is -0.0300. The number of amides is 1. The van der Waals surface area contributed by atoms with Gasteiger partial charge in [-0.2, -0.15) is 0 Å². The second-order valence-electron chi connectivity index (χ2n) is 8.85. The van der Waals surface area contributed by atoms with Gasteiger partial charge in [0, 0.05) is 30.7 Å². The molecule has 3 aromatic rings. The minimum absolute atomic E-state index is 0.0123. The van der Waals surface area contributed by atoms with Gasteiger partial charge < -0.3 is 15.1 Å². The Labute approximate surface area is 182 Å². The Morgan fingerprint density at radius 3 is 2.32 bits per heavy atom. The fourth-order valence-corrected chi connectivity index (χ4v) is 5.67. The summed E-state index contributed by atoms with van der Waals surface area (Å²) in [5.41, 5.74) is 4.38. The molecular weight excluding hydrogens is 386 g/mol. The zero-order valence-corrected chi connectivity index (χ0v) is 17.6. The molecule has 0 aromatic heterocycles. The predicted octanol–water partition coefficient (Wildman–Crippen LogP) is 3.87. The SMILES string of the molecule is Cc1ccccc1-c1ccccc1C(=O)N1C[C@@H](O)[C@@]2(C1)[C@H](CO)[C@H]2c1ccccc1. The number of carbonyl (C=O) groups is 1. The van der Waals surface area contributed by atoms with Crippen molar-refractivity contribution in [2.24, 2.45) is 11.3 Å². The van der Waals surface area contributed by atoms with E-state index >= 15 is 0 Å². The number of aryl methyl sites for hydroxylation is 1. The Hall–Kier alpha value is -2.95. The van der Waals surface area contributed by atoms with Crippen molar-refractivity contribution in [3.8, 4) is 11.1 Å². The Kier molecular flexibility index (Phi) is 4.92. The average molecular weight is 414 g/mol. The Balaban J connectivity index is 1.46. The molecule has 2 N–H and O–H groups in total. The van der Waals surface area contributed by atoms with Crippen LogP contribution in [-0.4, -0.2) is 46.8 Å². The maximum Gasteiger partial charge on any atom is 0.254 e. The molecule has 0 bridgehead atoms. The molecule has 0 radical (unpaired) electrons. The van der Waals surface area contributed by atoms with Crippen LogP contribution in [0.4, 0.5) is 0 Å². The molecule has 2 aliphatic rings. The molecule has 1 aliphatic heterocycles. The van der Waals surface area contributed by atoms with Crippen LogP contribution in [0.15, 0.2) is 78.9 Å². The van der Waals surface area contributed by atoms with Crippen molar-refractivity contribution in [1.82, 2.24) is 4.90 Å². The summed E-state index contributed by atoms with van der Waals surface area (Å²) in [6.07, 6.45) is -0.649. The van der Waals surface area contributed by atoms with Crippen molar-refractivity contribution in [1.29, 1.82) is 0 Å². The summed E-state index contributed by atoms with van der Waals surface area (Å²) >= 11 is 0. The lowest BCUT2D eigenvalue weighted by Crippen LogP contribution is -2.30. The minimum Gasteiger partial charge on any atom is -0.396 e. The van der Waals surface area contributed by atoms with Crippen LogP contribution in [0.1, 0.15) is 27.4 Å². The highest BCUT2D eigenvalue weighted by atomic mass is 16.3. The maximum atomic E-state index is 13.6. The van der Waals surface area contributed by atoms with Crippen LogP contribution in [-0.2, 0) is 0 Å². The summed E-state index contributed by atoms with van der Waals surface area (Å²) < 4.78 is 0. The van der Waals surface area contributed by atoms with Gasteiger partial charge in [0.25, 0.3) is 5.91 Å². The summed E-state index contributed by atoms with van der Waals surface area (Å²) in [6, 6.07) is 25.8. The van der Waals surface area contributed by atoms with Crippen LogP contribution in [0.25, 0.3) is 11.1 Å². The number of aliphatic hydroxyl groups is 2. The lowest BCUT2D eigenvalue weighted by atomic mass is 9.95. The first kappa shape index (κ1) is 20.0. The van der Waals surface area contributed by atoms with Gasteiger partial charge in [0.05, 0.1) is 6.10 Å². The molecule has 31 heavy (non-hydrogen) atoms. The van der Waals surface area contributed by atoms with Gasteiger partial charge in [0.15, 0.2) is 0 Å². The largest absolute Gasteiger partial charge is 0.396 e. The maximum absolute atomic E-state index is 13.6. The number of β-amino-alcohol motifs (C(OH)–C–C–N with tert-alkyl or cyclic N) is 1. The van der Waals surface area contributed by atoms with E-state index < -0.39 is 11.5 Å². The fraction of sp³-hybridized carbons (Fsp3) is 0.296. The van der Waals surface area contributed by atoms with Gasteiger partial charge >= 0.3 is 0 Å². The van der Waals surface area contributed by atoms with Crippen molar-refractivity contribution in [3.05, 3.63) is 95.6 Å². The average Bonchev–Trinajstić information content (AvgIpc) is 3.34. The van der Waals surface area contributed by atoms with Gasteiger partial charge in [0.1, 0.15) is 0 Å². The van der Waals surface area contributed by atoms with E-state index in [-0.39, 0.29) is 24.3 Å². The number of rotatable bonds is 4. The van der Waals surface area contributed by atoms with Gasteiger partial charge in [-0.25, -0.2) is 0 Å². The molecule has 1 heterocycles. The number of carbonyl (C=O) groups excluding carboxylic acids is 1. The Morgan fingerprint density at radius 2 is 1.61 bits per heavy atom. The van der Waals surface area contributed by atoms with Crippen molar-refractivity contribution in [2.45, 2.75) is 18.9 Å². The number of benzene rings is 3. The van der Waals surface area contributed by atoms with E-state index in [0.29, 0.717) is 18.7 Å². The second kappa shape index (κ2) is 7.63. The lowest BCUT2D eigenvalue weighted by Gasteiger charge is -2.19. The highest BCUT2D eigenvalue weighted by molar-refractivity contribution is 6.01. The molecule has 3 aromatic carbocycles. The van der Waals surface area contributed by atoms with Crippen LogP contribution in [0.2, 0.25) is 0 Å². The van der Waals surface area contributed by atoms with Crippen molar-refractivity contribution in [3.63, 3.8) is 0 Å². The van der Waals surface area contributed by atoms with Crippen LogP contribution in [0.5, 0.6) is 0 Å². The Morgan fingerprint density at radius 1 is 0.968 bits per heavy atom. The van der Waals surface area contributed by atoms with Gasteiger partial charge in [-0.15, -0.1) is 0 Å². The quantitative estimate of drug-likeness (QED) is 0.683. The number of nitrogens with zero attached hydrogens (tertiary/aromatic N) is 1. The molecule has 1 aliphatic carbocycles. The fourth-order valence-electron chi connectivity index (χ4n) is 5.67. The molecule has 0 unspecified atom stereocenters. The normalized spacial score (nSPS) is 26.9. The molecule has 4 nitrogen and oxygen atoms in total. The second-order valence-corrected chi connectivity index (χ2v) is 8.85. The molecule has 5 rings (SSSR count). The molecular formula is C27H27NO3. The molecule has 1 saturated heterocycles. The molecule has 1 amide bonds. The van der Waals surface area contributed by atoms with Gasteiger partial charge in [-0.1, -0.05) is 72.8 Å². The summed E-state index contributed by atoms with van der Waals surface area (Å²) in [7, 11) is 0. The first-order valence-electron chi connectivity index (χ1n) is 10.9. The predicted molar refractivity (Wildman–Crippen MR) is 121 cm³/mol. The molecule has 2 fully saturated rings. The van der Waals surface area contributed by atoms with Gasteiger partial charge in [0.2, 0.25) is 0 Å². The van der Waals surface area contributed by atoms with Crippen LogP contribution in [0.3, 0.4) is 0 Å². The van der Waals surface area contributed by atoms with E-state index in [1.165, 1.54) is 0 Å². The first-order valence-corrected chi connectivity index (χ1v) is 10.9. The molecule has 4 atom stereocenters. The van der Waals surface area contributed by atoms with Gasteiger partial charge in [-0.3, -0.25) is 4.79 Å². The van der Waals surface area contributed by atoms with Crippen LogP contribution >= 0.6 is 0 Å². The van der Waals surface area contributed by atoms with E-state index in [0.717, 1.165) is 22.3 Å². The number of hydrogen-bond donors (Lipinski definition) is 2. The molecule has 4 heteroatoms. The molecule has 158 valence electrons. The summed E-state index contributed by atoms with van der Waals surface area (Å²) in [4.78, 5) is 15.4. The Bertz CT molecular complexity index is 1110. The lowest BCUT2D eigenvalue weighted by molar-refractivity contribution is 0.0764. The molecule has 1 saturated carbocycles. The van der Waals surface area contributed by atoms with E-state index in [2.05, 4.69) is 0 Å². The zero-order chi connectivity index (χ0) is 21.6. The van der Waals surface area contributed by atoms with Crippen LogP contribution in [0, 0.1) is 18.3 Å². The number of aliphatic hydroxyl groups excluding tert-OH is 2. The van der Waals surface area contributed by atoms with Crippen molar-refractivity contribution < 1.29 is 15.0 Å². The highest BCUT2D eigenvalue weighted by Crippen LogP contribution is 2.68. The monoisotopic (exact) mass is 413 g/mol. The van der Waals surface area contributed by atoms with Crippen molar-refractivity contribution >= 4 is 5.91 Å². The molecule has 1 spiro atoms. The van der Waals surface area contributed by atoms with E-state index in [4.69, 9.17) is 0 Å². The third-order valence-corrected chi connectivity index (χ3v) is 7.28. The number of hydrogen-bond acceptors (Lipinski definition) is 3. The number of likely N-dealkylation sites (tertiary alicyclic amines) is 1. The standard InChI is InChI=1S/C27H27NO3/c1-18-9-5-6-12-20(18)21-13-7-8-14-22(21)26(31)28-15-24(30)27(17-28)23(16-29)25(27)19-10-3-2-4-11-19/h2-14,23-25,29-30H,15-17H2,1H3/t23-,24-,25-,27-/m1/s1. The van der Waals surface area contributed by atoms with E-state index in [1.807, 2.05) is 85.8 Å².